The van der Waals surface area contributed by atoms with Crippen molar-refractivity contribution in [2.75, 3.05) is 4.72 Å². The molecule has 0 fully saturated rings. The van der Waals surface area contributed by atoms with Crippen LogP contribution in [-0.4, -0.2) is 28.4 Å². The molecule has 7 nitrogen and oxygen atoms in total. The third-order valence-electron chi connectivity index (χ3n) is 4.80. The van der Waals surface area contributed by atoms with E-state index in [-0.39, 0.29) is 10.6 Å². The van der Waals surface area contributed by atoms with Crippen LogP contribution in [0.5, 0.6) is 0 Å². The lowest BCUT2D eigenvalue weighted by Gasteiger charge is -2.09. The van der Waals surface area contributed by atoms with Crippen LogP contribution < -0.4 is 4.72 Å². The van der Waals surface area contributed by atoms with Crippen molar-refractivity contribution in [2.24, 2.45) is 0 Å². The largest absolute Gasteiger partial charge is 0.280 e. The Kier molecular flexibility index (Phi) is 5.28. The second kappa shape index (κ2) is 7.92. The Balaban J connectivity index is 1.66. The number of hydrogen-bond donors (Lipinski definition) is 1. The molecule has 0 aliphatic rings. The molecule has 0 bridgehead atoms. The van der Waals surface area contributed by atoms with Crippen molar-refractivity contribution in [3.8, 4) is 17.1 Å². The molecule has 9 heteroatoms. The number of nitrogens with one attached hydrogen (secondary N) is 1. The number of rotatable bonds is 5. The second-order valence-corrected chi connectivity index (χ2v) is 8.79. The van der Waals surface area contributed by atoms with Crippen LogP contribution in [0.3, 0.4) is 0 Å². The van der Waals surface area contributed by atoms with Gasteiger partial charge in [0.1, 0.15) is 10.7 Å². The molecule has 0 unspecified atom stereocenters. The van der Waals surface area contributed by atoms with E-state index >= 15 is 0 Å². The summed E-state index contributed by atoms with van der Waals surface area (Å²) in [6, 6.07) is 16.6. The first-order valence-corrected chi connectivity index (χ1v) is 11.0. The van der Waals surface area contributed by atoms with Crippen LogP contribution in [0.1, 0.15) is 17.0 Å². The standard InChI is InChI=1S/C22H20FN5O2S/c1-14-4-6-17(7-5-14)20-12-13-21(25-24-20)28-16(3)22(15(2)26-28)31(29,30)27-19-10-8-18(23)9-11-19/h4-13,27H,1-3H3. The number of hydrogen-bond acceptors (Lipinski definition) is 5. The van der Waals surface area contributed by atoms with E-state index in [1.165, 1.54) is 28.9 Å². The van der Waals surface area contributed by atoms with Gasteiger partial charge in [-0.2, -0.15) is 5.10 Å². The molecular formula is C22H20FN5O2S. The molecule has 1 N–H and O–H groups in total. The first kappa shape index (κ1) is 20.7. The van der Waals surface area contributed by atoms with Gasteiger partial charge >= 0.3 is 0 Å². The van der Waals surface area contributed by atoms with E-state index in [2.05, 4.69) is 20.0 Å². The van der Waals surface area contributed by atoms with Crippen LogP contribution in [0.15, 0.2) is 65.6 Å². The second-order valence-electron chi connectivity index (χ2n) is 7.17. The van der Waals surface area contributed by atoms with Crippen molar-refractivity contribution in [3.05, 3.63) is 83.4 Å². The van der Waals surface area contributed by atoms with Gasteiger partial charge in [0.2, 0.25) is 0 Å². The summed E-state index contributed by atoms with van der Waals surface area (Å²) in [7, 11) is -3.93. The summed E-state index contributed by atoms with van der Waals surface area (Å²) in [5, 5.41) is 12.8. The summed E-state index contributed by atoms with van der Waals surface area (Å²) in [6.07, 6.45) is 0. The summed E-state index contributed by atoms with van der Waals surface area (Å²) >= 11 is 0. The predicted octanol–water partition coefficient (Wildman–Crippen LogP) is 4.19. The van der Waals surface area contributed by atoms with Gasteiger partial charge in [-0.25, -0.2) is 17.5 Å². The van der Waals surface area contributed by atoms with E-state index in [0.29, 0.717) is 22.9 Å². The maximum atomic E-state index is 13.1. The molecule has 0 saturated carbocycles. The Morgan fingerprint density at radius 2 is 1.55 bits per heavy atom. The highest BCUT2D eigenvalue weighted by Gasteiger charge is 2.26. The zero-order chi connectivity index (χ0) is 22.2. The maximum Gasteiger partial charge on any atom is 0.265 e. The van der Waals surface area contributed by atoms with Gasteiger partial charge in [-0.3, -0.25) is 4.72 Å². The lowest BCUT2D eigenvalue weighted by molar-refractivity contribution is 0.599. The Labute approximate surface area is 179 Å². The molecule has 0 aliphatic carbocycles. The number of benzene rings is 2. The fourth-order valence-electron chi connectivity index (χ4n) is 3.28. The van der Waals surface area contributed by atoms with Crippen LogP contribution in [0.2, 0.25) is 0 Å². The quantitative estimate of drug-likeness (QED) is 0.506. The van der Waals surface area contributed by atoms with E-state index in [1.54, 1.807) is 19.9 Å². The summed E-state index contributed by atoms with van der Waals surface area (Å²) in [5.41, 5.74) is 3.76. The highest BCUT2D eigenvalue weighted by molar-refractivity contribution is 7.92. The molecule has 4 aromatic rings. The molecule has 0 spiro atoms. The number of aromatic nitrogens is 4. The van der Waals surface area contributed by atoms with Crippen molar-refractivity contribution in [1.29, 1.82) is 0 Å². The number of anilines is 1. The minimum absolute atomic E-state index is 0.0428. The lowest BCUT2D eigenvalue weighted by Crippen LogP contribution is -2.15. The molecule has 2 aromatic carbocycles. The highest BCUT2D eigenvalue weighted by atomic mass is 32.2. The maximum absolute atomic E-state index is 13.1. The average Bonchev–Trinajstić information content (AvgIpc) is 3.05. The molecule has 0 radical (unpaired) electrons. The Morgan fingerprint density at radius 3 is 2.16 bits per heavy atom. The smallest absolute Gasteiger partial charge is 0.265 e. The van der Waals surface area contributed by atoms with E-state index in [9.17, 15) is 12.8 Å². The lowest BCUT2D eigenvalue weighted by atomic mass is 10.1. The van der Waals surface area contributed by atoms with E-state index in [1.807, 2.05) is 37.3 Å². The zero-order valence-electron chi connectivity index (χ0n) is 17.2. The summed E-state index contributed by atoms with van der Waals surface area (Å²) in [5.74, 6) is -0.0459. The molecule has 0 atom stereocenters. The van der Waals surface area contributed by atoms with Gasteiger partial charge in [-0.15, -0.1) is 10.2 Å². The van der Waals surface area contributed by atoms with E-state index in [0.717, 1.165) is 11.1 Å². The topological polar surface area (TPSA) is 89.8 Å². The minimum atomic E-state index is -3.93. The molecule has 0 aliphatic heterocycles. The first-order chi connectivity index (χ1) is 14.7. The number of aryl methyl sites for hydroxylation is 2. The molecule has 31 heavy (non-hydrogen) atoms. The van der Waals surface area contributed by atoms with Crippen molar-refractivity contribution < 1.29 is 12.8 Å². The predicted molar refractivity (Wildman–Crippen MR) is 116 cm³/mol. The molecule has 2 heterocycles. The van der Waals surface area contributed by atoms with Crippen LogP contribution in [0.25, 0.3) is 17.1 Å². The number of halogens is 1. The van der Waals surface area contributed by atoms with Crippen LogP contribution in [-0.2, 0) is 10.0 Å². The van der Waals surface area contributed by atoms with E-state index in [4.69, 9.17) is 0 Å². The van der Waals surface area contributed by atoms with Crippen molar-refractivity contribution in [2.45, 2.75) is 25.7 Å². The van der Waals surface area contributed by atoms with Crippen LogP contribution in [0.4, 0.5) is 10.1 Å². The van der Waals surface area contributed by atoms with Gasteiger partial charge in [0, 0.05) is 11.3 Å². The van der Waals surface area contributed by atoms with Gasteiger partial charge in [-0.1, -0.05) is 29.8 Å². The highest BCUT2D eigenvalue weighted by Crippen LogP contribution is 2.25. The molecule has 2 aromatic heterocycles. The van der Waals surface area contributed by atoms with Gasteiger partial charge in [-0.05, 0) is 57.2 Å². The molecule has 0 saturated heterocycles. The first-order valence-electron chi connectivity index (χ1n) is 9.50. The zero-order valence-corrected chi connectivity index (χ0v) is 18.0. The molecule has 4 rings (SSSR count). The van der Waals surface area contributed by atoms with Crippen molar-refractivity contribution in [3.63, 3.8) is 0 Å². The van der Waals surface area contributed by atoms with Gasteiger partial charge in [0.25, 0.3) is 10.0 Å². The van der Waals surface area contributed by atoms with Crippen molar-refractivity contribution >= 4 is 15.7 Å². The van der Waals surface area contributed by atoms with Crippen LogP contribution in [0, 0.1) is 26.6 Å². The molecular weight excluding hydrogens is 417 g/mol. The summed E-state index contributed by atoms with van der Waals surface area (Å²) in [6.45, 7) is 5.27. The molecule has 0 amide bonds. The minimum Gasteiger partial charge on any atom is -0.280 e. The molecule has 158 valence electrons. The fraction of sp³-hybridized carbons (Fsp3) is 0.136. The SMILES string of the molecule is Cc1ccc(-c2ccc(-n3nc(C)c(S(=O)(=O)Nc4ccc(F)cc4)c3C)nn2)cc1. The summed E-state index contributed by atoms with van der Waals surface area (Å²) < 4.78 is 42.9. The average molecular weight is 438 g/mol. The van der Waals surface area contributed by atoms with Crippen LogP contribution >= 0.6 is 0 Å². The Morgan fingerprint density at radius 1 is 0.871 bits per heavy atom. The normalized spacial score (nSPS) is 11.5. The third kappa shape index (κ3) is 4.17. The third-order valence-corrected chi connectivity index (χ3v) is 6.44. The van der Waals surface area contributed by atoms with E-state index < -0.39 is 15.8 Å². The number of sulfonamides is 1. The van der Waals surface area contributed by atoms with Gasteiger partial charge in [0.15, 0.2) is 5.82 Å². The monoisotopic (exact) mass is 437 g/mol. The Bertz CT molecular complexity index is 1330. The summed E-state index contributed by atoms with van der Waals surface area (Å²) in [4.78, 5) is 0.0428. The van der Waals surface area contributed by atoms with Crippen molar-refractivity contribution in [1.82, 2.24) is 20.0 Å². The fourth-order valence-corrected chi connectivity index (χ4v) is 4.73. The van der Waals surface area contributed by atoms with Gasteiger partial charge < -0.3 is 0 Å². The Hall–Kier alpha value is -3.59. The van der Waals surface area contributed by atoms with Gasteiger partial charge in [0.05, 0.1) is 17.1 Å². The number of nitrogens with zero attached hydrogens (tertiary/aromatic N) is 4.